The number of rotatable bonds is 0. The first-order chi connectivity index (χ1) is 5.84. The average Bonchev–Trinajstić information content (AvgIpc) is 2.32. The molecule has 1 N–H and O–H groups in total. The van der Waals surface area contributed by atoms with Crippen LogP contribution < -0.4 is 5.32 Å². The SMILES string of the molecule is Clc1cc(C#CC2CNC2)cs1. The van der Waals surface area contributed by atoms with Crippen LogP contribution in [0.3, 0.4) is 0 Å². The largest absolute Gasteiger partial charge is 0.314 e. The van der Waals surface area contributed by atoms with Gasteiger partial charge in [-0.3, -0.25) is 0 Å². The van der Waals surface area contributed by atoms with Crippen molar-refractivity contribution in [2.75, 3.05) is 13.1 Å². The Hall–Kier alpha value is -0.490. The fourth-order valence-electron chi connectivity index (χ4n) is 0.952. The quantitative estimate of drug-likeness (QED) is 0.628. The molecule has 0 spiro atoms. The number of nitrogens with one attached hydrogen (secondary N) is 1. The summed E-state index contributed by atoms with van der Waals surface area (Å²) in [6, 6.07) is 1.91. The lowest BCUT2D eigenvalue weighted by molar-refractivity contribution is 0.432. The molecule has 3 heteroatoms. The van der Waals surface area contributed by atoms with Gasteiger partial charge in [0.05, 0.1) is 4.34 Å². The molecule has 12 heavy (non-hydrogen) atoms. The van der Waals surface area contributed by atoms with Gasteiger partial charge in [0.2, 0.25) is 0 Å². The summed E-state index contributed by atoms with van der Waals surface area (Å²) < 4.78 is 0.811. The van der Waals surface area contributed by atoms with Gasteiger partial charge in [-0.1, -0.05) is 23.4 Å². The minimum absolute atomic E-state index is 0.545. The van der Waals surface area contributed by atoms with E-state index in [2.05, 4.69) is 17.2 Å². The maximum Gasteiger partial charge on any atom is 0.0941 e. The van der Waals surface area contributed by atoms with E-state index < -0.39 is 0 Å². The molecule has 0 saturated carbocycles. The van der Waals surface area contributed by atoms with Crippen molar-refractivity contribution < 1.29 is 0 Å². The third-order valence-electron chi connectivity index (χ3n) is 1.77. The van der Waals surface area contributed by atoms with Crippen molar-refractivity contribution in [3.63, 3.8) is 0 Å². The molecule has 0 aliphatic carbocycles. The van der Waals surface area contributed by atoms with Gasteiger partial charge in [0.15, 0.2) is 0 Å². The van der Waals surface area contributed by atoms with Crippen molar-refractivity contribution in [1.82, 2.24) is 5.32 Å². The van der Waals surface area contributed by atoms with Gasteiger partial charge in [0.1, 0.15) is 0 Å². The lowest BCUT2D eigenvalue weighted by Gasteiger charge is -2.21. The summed E-state index contributed by atoms with van der Waals surface area (Å²) in [5.74, 6) is 6.83. The molecular formula is C9H8ClNS. The van der Waals surface area contributed by atoms with Gasteiger partial charge < -0.3 is 5.32 Å². The number of hydrogen-bond donors (Lipinski definition) is 1. The zero-order chi connectivity index (χ0) is 8.39. The molecule has 1 saturated heterocycles. The Labute approximate surface area is 80.7 Å². The van der Waals surface area contributed by atoms with Gasteiger partial charge in [-0.05, 0) is 6.07 Å². The Bertz CT molecular complexity index is 330. The van der Waals surface area contributed by atoms with E-state index in [1.165, 1.54) is 11.3 Å². The second kappa shape index (κ2) is 3.49. The van der Waals surface area contributed by atoms with Gasteiger partial charge >= 0.3 is 0 Å². The molecule has 0 atom stereocenters. The fourth-order valence-corrected chi connectivity index (χ4v) is 1.76. The van der Waals surface area contributed by atoms with Gasteiger partial charge in [-0.15, -0.1) is 11.3 Å². The summed E-state index contributed by atoms with van der Waals surface area (Å²) in [4.78, 5) is 0. The summed E-state index contributed by atoms with van der Waals surface area (Å²) >= 11 is 7.29. The third-order valence-corrected chi connectivity index (χ3v) is 2.86. The van der Waals surface area contributed by atoms with E-state index in [1.807, 2.05) is 11.4 Å². The van der Waals surface area contributed by atoms with Crippen molar-refractivity contribution in [1.29, 1.82) is 0 Å². The highest BCUT2D eigenvalue weighted by Crippen LogP contribution is 2.19. The maximum absolute atomic E-state index is 5.76. The molecule has 2 rings (SSSR count). The average molecular weight is 198 g/mol. The molecule has 0 unspecified atom stereocenters. The van der Waals surface area contributed by atoms with E-state index in [0.29, 0.717) is 5.92 Å². The highest BCUT2D eigenvalue weighted by molar-refractivity contribution is 7.14. The first kappa shape index (κ1) is 8.12. The summed E-state index contributed by atoms with van der Waals surface area (Å²) in [7, 11) is 0. The Morgan fingerprint density at radius 3 is 2.92 bits per heavy atom. The summed E-state index contributed by atoms with van der Waals surface area (Å²) in [6.45, 7) is 2.07. The lowest BCUT2D eigenvalue weighted by Crippen LogP contribution is -2.40. The molecule has 1 aromatic rings. The normalized spacial score (nSPS) is 16.4. The van der Waals surface area contributed by atoms with E-state index in [9.17, 15) is 0 Å². The molecule has 1 fully saturated rings. The van der Waals surface area contributed by atoms with Crippen molar-refractivity contribution in [2.45, 2.75) is 0 Å². The zero-order valence-corrected chi connectivity index (χ0v) is 8.00. The molecule has 0 radical (unpaired) electrons. The van der Waals surface area contributed by atoms with E-state index in [-0.39, 0.29) is 0 Å². The number of halogens is 1. The van der Waals surface area contributed by atoms with Crippen LogP contribution in [0.5, 0.6) is 0 Å². The number of hydrogen-bond acceptors (Lipinski definition) is 2. The molecule has 1 aliphatic heterocycles. The topological polar surface area (TPSA) is 12.0 Å². The van der Waals surface area contributed by atoms with Crippen LogP contribution in [0.25, 0.3) is 0 Å². The molecule has 62 valence electrons. The maximum atomic E-state index is 5.76. The van der Waals surface area contributed by atoms with Crippen molar-refractivity contribution in [2.24, 2.45) is 5.92 Å². The Balaban J connectivity index is 2.04. The van der Waals surface area contributed by atoms with E-state index in [1.54, 1.807) is 0 Å². The summed E-state index contributed by atoms with van der Waals surface area (Å²) in [5.41, 5.74) is 1.04. The third kappa shape index (κ3) is 1.81. The van der Waals surface area contributed by atoms with Crippen LogP contribution in [-0.2, 0) is 0 Å². The van der Waals surface area contributed by atoms with Crippen LogP contribution in [0.1, 0.15) is 5.56 Å². The van der Waals surface area contributed by atoms with Crippen LogP contribution in [0.4, 0.5) is 0 Å². The highest BCUT2D eigenvalue weighted by atomic mass is 35.5. The van der Waals surface area contributed by atoms with Gasteiger partial charge in [0.25, 0.3) is 0 Å². The summed E-state index contributed by atoms with van der Waals surface area (Å²) in [5, 5.41) is 5.16. The second-order valence-corrected chi connectivity index (χ2v) is 4.31. The molecule has 1 aliphatic rings. The van der Waals surface area contributed by atoms with Gasteiger partial charge in [-0.25, -0.2) is 0 Å². The van der Waals surface area contributed by atoms with Crippen LogP contribution in [-0.4, -0.2) is 13.1 Å². The molecular weight excluding hydrogens is 190 g/mol. The number of thiophene rings is 1. The molecule has 0 aromatic carbocycles. The van der Waals surface area contributed by atoms with Crippen molar-refractivity contribution in [3.05, 3.63) is 21.3 Å². The first-order valence-electron chi connectivity index (χ1n) is 3.81. The Kier molecular flexibility index (Phi) is 2.36. The minimum atomic E-state index is 0.545. The molecule has 0 bridgehead atoms. The molecule has 2 heterocycles. The fraction of sp³-hybridized carbons (Fsp3) is 0.333. The summed E-state index contributed by atoms with van der Waals surface area (Å²) in [6.07, 6.45) is 0. The Morgan fingerprint density at radius 1 is 1.58 bits per heavy atom. The van der Waals surface area contributed by atoms with Gasteiger partial charge in [0, 0.05) is 30.0 Å². The van der Waals surface area contributed by atoms with Crippen molar-refractivity contribution in [3.8, 4) is 11.8 Å². The van der Waals surface area contributed by atoms with Crippen LogP contribution in [0.15, 0.2) is 11.4 Å². The zero-order valence-electron chi connectivity index (χ0n) is 6.43. The van der Waals surface area contributed by atoms with Crippen LogP contribution in [0.2, 0.25) is 4.34 Å². The van der Waals surface area contributed by atoms with Gasteiger partial charge in [-0.2, -0.15) is 0 Å². The Morgan fingerprint density at radius 2 is 2.42 bits per heavy atom. The van der Waals surface area contributed by atoms with E-state index >= 15 is 0 Å². The molecule has 1 aromatic heterocycles. The van der Waals surface area contributed by atoms with Crippen LogP contribution >= 0.6 is 22.9 Å². The van der Waals surface area contributed by atoms with E-state index in [0.717, 1.165) is 23.0 Å². The standard InChI is InChI=1S/C9H8ClNS/c10-9-3-7(6-12-9)1-2-8-4-11-5-8/h3,6,8,11H,4-5H2. The predicted octanol–water partition coefficient (Wildman–Crippen LogP) is 1.97. The molecule has 0 amide bonds. The lowest BCUT2D eigenvalue weighted by atomic mass is 10.0. The first-order valence-corrected chi connectivity index (χ1v) is 5.06. The van der Waals surface area contributed by atoms with E-state index in [4.69, 9.17) is 11.6 Å². The van der Waals surface area contributed by atoms with Crippen molar-refractivity contribution >= 4 is 22.9 Å². The minimum Gasteiger partial charge on any atom is -0.314 e. The second-order valence-electron chi connectivity index (χ2n) is 2.76. The molecule has 1 nitrogen and oxygen atoms in total. The monoisotopic (exact) mass is 197 g/mol. The smallest absolute Gasteiger partial charge is 0.0941 e. The predicted molar refractivity (Wildman–Crippen MR) is 52.6 cm³/mol. The van der Waals surface area contributed by atoms with Crippen LogP contribution in [0, 0.1) is 17.8 Å². The highest BCUT2D eigenvalue weighted by Gasteiger charge is 2.12.